The Morgan fingerprint density at radius 2 is 1.74 bits per heavy atom. The van der Waals surface area contributed by atoms with E-state index in [1.807, 2.05) is 17.0 Å². The first-order chi connectivity index (χ1) is 15.0. The van der Waals surface area contributed by atoms with Crippen LogP contribution in [0.5, 0.6) is 5.75 Å². The molecule has 1 fully saturated rings. The van der Waals surface area contributed by atoms with Gasteiger partial charge in [-0.2, -0.15) is 0 Å². The maximum Gasteiger partial charge on any atom is 0.251 e. The lowest BCUT2D eigenvalue weighted by Crippen LogP contribution is -2.38. The number of amides is 2. The van der Waals surface area contributed by atoms with E-state index in [2.05, 4.69) is 17.4 Å². The summed E-state index contributed by atoms with van der Waals surface area (Å²) in [5.41, 5.74) is 1.74. The highest BCUT2D eigenvalue weighted by Crippen LogP contribution is 2.23. The highest BCUT2D eigenvalue weighted by molar-refractivity contribution is 5.94. The number of benzene rings is 2. The van der Waals surface area contributed by atoms with Gasteiger partial charge in [0, 0.05) is 31.6 Å². The van der Waals surface area contributed by atoms with Crippen LogP contribution in [0.3, 0.4) is 0 Å². The van der Waals surface area contributed by atoms with Crippen molar-refractivity contribution < 1.29 is 18.7 Å². The number of ether oxygens (including phenoxy) is 1. The highest BCUT2D eigenvalue weighted by atomic mass is 19.1. The molecule has 0 aromatic heterocycles. The third-order valence-electron chi connectivity index (χ3n) is 5.93. The molecule has 31 heavy (non-hydrogen) atoms. The van der Waals surface area contributed by atoms with Crippen molar-refractivity contribution in [3.05, 3.63) is 65.5 Å². The van der Waals surface area contributed by atoms with Gasteiger partial charge in [-0.1, -0.05) is 12.1 Å². The number of carbonyl (C=O) groups excluding carboxylic acids is 2. The molecule has 2 aromatic carbocycles. The van der Waals surface area contributed by atoms with E-state index in [9.17, 15) is 14.0 Å². The number of nitrogens with zero attached hydrogens (tertiary/aromatic N) is 1. The molecule has 0 bridgehead atoms. The van der Waals surface area contributed by atoms with Gasteiger partial charge in [0.2, 0.25) is 5.91 Å². The quantitative estimate of drug-likeness (QED) is 0.611. The van der Waals surface area contributed by atoms with E-state index < -0.39 is 0 Å². The number of nitrogens with one attached hydrogen (secondary N) is 1. The minimum absolute atomic E-state index is 0.157. The van der Waals surface area contributed by atoms with Gasteiger partial charge in [0.25, 0.3) is 5.91 Å². The third-order valence-corrected chi connectivity index (χ3v) is 5.93. The molecule has 166 valence electrons. The van der Waals surface area contributed by atoms with Crippen LogP contribution in [0.1, 0.15) is 48.0 Å². The number of hydrogen-bond donors (Lipinski definition) is 1. The van der Waals surface area contributed by atoms with Gasteiger partial charge >= 0.3 is 0 Å². The Kier molecular flexibility index (Phi) is 8.44. The molecule has 2 amide bonds. The van der Waals surface area contributed by atoms with E-state index in [-0.39, 0.29) is 17.6 Å². The van der Waals surface area contributed by atoms with Crippen molar-refractivity contribution in [3.8, 4) is 5.75 Å². The molecular weight excluding hydrogens is 395 g/mol. The van der Waals surface area contributed by atoms with Gasteiger partial charge in [-0.25, -0.2) is 4.39 Å². The Balaban J connectivity index is 1.29. The second-order valence-corrected chi connectivity index (χ2v) is 8.08. The first-order valence-electron chi connectivity index (χ1n) is 11.0. The van der Waals surface area contributed by atoms with Crippen LogP contribution in [-0.2, 0) is 11.2 Å². The predicted octanol–water partition coefficient (Wildman–Crippen LogP) is 4.22. The molecule has 1 heterocycles. The maximum atomic E-state index is 12.9. The lowest BCUT2D eigenvalue weighted by atomic mass is 9.90. The minimum Gasteiger partial charge on any atom is -0.497 e. The van der Waals surface area contributed by atoms with Crippen molar-refractivity contribution in [1.29, 1.82) is 0 Å². The van der Waals surface area contributed by atoms with Crippen molar-refractivity contribution in [2.24, 2.45) is 5.92 Å². The molecule has 1 N–H and O–H groups in total. The van der Waals surface area contributed by atoms with Gasteiger partial charge in [0.1, 0.15) is 11.6 Å². The molecule has 0 saturated carbocycles. The fraction of sp³-hybridized carbons (Fsp3) is 0.440. The van der Waals surface area contributed by atoms with E-state index in [4.69, 9.17) is 4.74 Å². The molecule has 0 atom stereocenters. The Hall–Kier alpha value is -2.89. The van der Waals surface area contributed by atoms with E-state index in [0.29, 0.717) is 30.9 Å². The maximum absolute atomic E-state index is 12.9. The van der Waals surface area contributed by atoms with Crippen LogP contribution >= 0.6 is 0 Å². The molecular formula is C25H31FN2O3. The summed E-state index contributed by atoms with van der Waals surface area (Å²) in [6.45, 7) is 2.06. The Bertz CT molecular complexity index is 844. The minimum atomic E-state index is -0.369. The highest BCUT2D eigenvalue weighted by Gasteiger charge is 2.22. The summed E-state index contributed by atoms with van der Waals surface area (Å²) in [4.78, 5) is 26.4. The van der Waals surface area contributed by atoms with Crippen LogP contribution < -0.4 is 10.1 Å². The molecule has 3 rings (SSSR count). The summed E-state index contributed by atoms with van der Waals surface area (Å²) < 4.78 is 18.1. The topological polar surface area (TPSA) is 58.6 Å². The monoisotopic (exact) mass is 426 g/mol. The predicted molar refractivity (Wildman–Crippen MR) is 119 cm³/mol. The first-order valence-corrected chi connectivity index (χ1v) is 11.0. The smallest absolute Gasteiger partial charge is 0.251 e. The zero-order chi connectivity index (χ0) is 22.1. The van der Waals surface area contributed by atoms with Gasteiger partial charge in [0.05, 0.1) is 7.11 Å². The lowest BCUT2D eigenvalue weighted by Gasteiger charge is -2.32. The molecule has 0 unspecified atom stereocenters. The first kappa shape index (κ1) is 22.8. The molecule has 6 heteroatoms. The van der Waals surface area contributed by atoms with Gasteiger partial charge < -0.3 is 15.0 Å². The summed E-state index contributed by atoms with van der Waals surface area (Å²) >= 11 is 0. The molecule has 1 aliphatic rings. The van der Waals surface area contributed by atoms with Crippen molar-refractivity contribution in [1.82, 2.24) is 10.2 Å². The largest absolute Gasteiger partial charge is 0.497 e. The van der Waals surface area contributed by atoms with Crippen molar-refractivity contribution in [3.63, 3.8) is 0 Å². The fourth-order valence-electron chi connectivity index (χ4n) is 3.94. The molecule has 0 aliphatic carbocycles. The SMILES string of the molecule is COc1ccc(CCC2CCN(C(=O)CCCNC(=O)c3ccc(F)cc3)CC2)cc1. The number of aryl methyl sites for hydroxylation is 1. The van der Waals surface area contributed by atoms with Crippen LogP contribution in [0.25, 0.3) is 0 Å². The van der Waals surface area contributed by atoms with Crippen LogP contribution in [0.4, 0.5) is 4.39 Å². The second-order valence-electron chi connectivity index (χ2n) is 8.08. The van der Waals surface area contributed by atoms with Crippen LogP contribution in [0.2, 0.25) is 0 Å². The van der Waals surface area contributed by atoms with E-state index >= 15 is 0 Å². The summed E-state index contributed by atoms with van der Waals surface area (Å²) in [5, 5.41) is 2.78. The zero-order valence-corrected chi connectivity index (χ0v) is 18.1. The normalized spacial score (nSPS) is 14.3. The summed E-state index contributed by atoms with van der Waals surface area (Å²) in [6, 6.07) is 13.7. The van der Waals surface area contributed by atoms with Gasteiger partial charge in [-0.3, -0.25) is 9.59 Å². The van der Waals surface area contributed by atoms with Crippen LogP contribution in [-0.4, -0.2) is 43.5 Å². The summed E-state index contributed by atoms with van der Waals surface area (Å²) in [7, 11) is 1.67. The molecule has 0 spiro atoms. The zero-order valence-electron chi connectivity index (χ0n) is 18.1. The molecule has 5 nitrogen and oxygen atoms in total. The number of likely N-dealkylation sites (tertiary alicyclic amines) is 1. The van der Waals surface area contributed by atoms with Crippen molar-refractivity contribution in [2.45, 2.75) is 38.5 Å². The molecule has 0 radical (unpaired) electrons. The Labute approximate surface area is 183 Å². The number of piperidine rings is 1. The Morgan fingerprint density at radius 3 is 2.39 bits per heavy atom. The third kappa shape index (κ3) is 7.09. The molecule has 1 aliphatic heterocycles. The summed E-state index contributed by atoms with van der Waals surface area (Å²) in [5.74, 6) is 1.08. The van der Waals surface area contributed by atoms with Crippen molar-refractivity contribution in [2.75, 3.05) is 26.7 Å². The van der Waals surface area contributed by atoms with Crippen LogP contribution in [0, 0.1) is 11.7 Å². The standard InChI is InChI=1S/C25H31FN2O3/c1-31-23-12-6-19(7-13-23)4-5-20-14-17-28(18-15-20)24(29)3-2-16-27-25(30)21-8-10-22(26)11-9-21/h6-13,20H,2-5,14-18H2,1H3,(H,27,30). The number of rotatable bonds is 9. The average molecular weight is 427 g/mol. The van der Waals surface area contributed by atoms with E-state index in [0.717, 1.165) is 44.5 Å². The fourth-order valence-corrected chi connectivity index (χ4v) is 3.94. The number of methoxy groups -OCH3 is 1. The molecule has 2 aromatic rings. The number of hydrogen-bond acceptors (Lipinski definition) is 3. The number of halogens is 1. The van der Waals surface area contributed by atoms with Gasteiger partial charge in [-0.05, 0) is 80.0 Å². The van der Waals surface area contributed by atoms with Gasteiger partial charge in [-0.15, -0.1) is 0 Å². The van der Waals surface area contributed by atoms with Gasteiger partial charge in [0.15, 0.2) is 0 Å². The Morgan fingerprint density at radius 1 is 1.06 bits per heavy atom. The van der Waals surface area contributed by atoms with E-state index in [1.165, 1.54) is 29.8 Å². The van der Waals surface area contributed by atoms with E-state index in [1.54, 1.807) is 7.11 Å². The second kappa shape index (κ2) is 11.5. The van der Waals surface area contributed by atoms with Crippen molar-refractivity contribution >= 4 is 11.8 Å². The average Bonchev–Trinajstić information content (AvgIpc) is 2.81. The van der Waals surface area contributed by atoms with Crippen LogP contribution in [0.15, 0.2) is 48.5 Å². The summed E-state index contributed by atoms with van der Waals surface area (Å²) in [6.07, 6.45) is 5.32. The lowest BCUT2D eigenvalue weighted by molar-refractivity contribution is -0.132. The number of carbonyl (C=O) groups is 2. The molecule has 1 saturated heterocycles.